The van der Waals surface area contributed by atoms with Crippen LogP contribution in [-0.2, 0) is 0 Å². The number of carbonyl (C=O) groups is 1. The third-order valence-corrected chi connectivity index (χ3v) is 2.22. The van der Waals surface area contributed by atoms with Gasteiger partial charge in [-0.3, -0.25) is 4.79 Å². The van der Waals surface area contributed by atoms with Gasteiger partial charge in [0.1, 0.15) is 5.69 Å². The summed E-state index contributed by atoms with van der Waals surface area (Å²) in [7, 11) is 0. The zero-order valence-corrected chi connectivity index (χ0v) is 10.1. The number of amides is 1. The van der Waals surface area contributed by atoms with E-state index in [0.717, 1.165) is 4.47 Å². The third-order valence-electron chi connectivity index (χ3n) is 1.75. The van der Waals surface area contributed by atoms with Gasteiger partial charge in [-0.2, -0.15) is 0 Å². The average molecular weight is 267 g/mol. The highest BCUT2D eigenvalue weighted by Gasteiger charge is 2.18. The van der Waals surface area contributed by atoms with E-state index in [1.807, 2.05) is 0 Å². The van der Waals surface area contributed by atoms with Crippen molar-refractivity contribution in [2.75, 3.05) is 0 Å². The molecule has 15 heavy (non-hydrogen) atoms. The van der Waals surface area contributed by atoms with Crippen molar-refractivity contribution < 1.29 is 4.79 Å². The lowest BCUT2D eigenvalue weighted by atomic mass is 10.1. The number of halogens is 1. The molecule has 1 heterocycles. The van der Waals surface area contributed by atoms with Gasteiger partial charge in [0, 0.05) is 10.7 Å². The maximum atomic E-state index is 11.6. The summed E-state index contributed by atoms with van der Waals surface area (Å²) < 4.78 is 0.829. The van der Waals surface area contributed by atoms with Gasteiger partial charge in [-0.1, -0.05) is 5.92 Å². The highest BCUT2D eigenvalue weighted by atomic mass is 79.9. The number of terminal acetylenes is 1. The molecule has 78 valence electrons. The van der Waals surface area contributed by atoms with Crippen molar-refractivity contribution in [3.8, 4) is 12.3 Å². The van der Waals surface area contributed by atoms with Crippen LogP contribution in [0.4, 0.5) is 0 Å². The first-order chi connectivity index (χ1) is 6.94. The zero-order chi connectivity index (χ0) is 11.5. The topological polar surface area (TPSA) is 42.0 Å². The number of nitrogens with zero attached hydrogens (tertiary/aromatic N) is 1. The number of hydrogen-bond donors (Lipinski definition) is 1. The van der Waals surface area contributed by atoms with E-state index < -0.39 is 5.54 Å². The van der Waals surface area contributed by atoms with E-state index in [9.17, 15) is 4.79 Å². The highest BCUT2D eigenvalue weighted by Crippen LogP contribution is 2.08. The largest absolute Gasteiger partial charge is 0.335 e. The molecule has 0 aliphatic rings. The monoisotopic (exact) mass is 266 g/mol. The Bertz CT molecular complexity index is 404. The van der Waals surface area contributed by atoms with E-state index in [2.05, 4.69) is 32.2 Å². The molecule has 3 nitrogen and oxygen atoms in total. The van der Waals surface area contributed by atoms with Gasteiger partial charge in [-0.15, -0.1) is 6.42 Å². The Morgan fingerprint density at radius 1 is 1.60 bits per heavy atom. The van der Waals surface area contributed by atoms with Gasteiger partial charge in [0.2, 0.25) is 0 Å². The second kappa shape index (κ2) is 4.45. The van der Waals surface area contributed by atoms with Crippen LogP contribution in [0.2, 0.25) is 0 Å². The fraction of sp³-hybridized carbons (Fsp3) is 0.273. The molecule has 0 aliphatic heterocycles. The lowest BCUT2D eigenvalue weighted by molar-refractivity contribution is 0.0925. The standard InChI is InChI=1S/C11H11BrN2O/c1-4-11(2,3)14-10(15)9-6-5-8(12)7-13-9/h1,5-7H,2-3H3,(H,14,15). The van der Waals surface area contributed by atoms with Crippen LogP contribution in [0.5, 0.6) is 0 Å². The molecule has 0 radical (unpaired) electrons. The van der Waals surface area contributed by atoms with Crippen LogP contribution >= 0.6 is 15.9 Å². The van der Waals surface area contributed by atoms with Crippen molar-refractivity contribution in [1.82, 2.24) is 10.3 Å². The third kappa shape index (κ3) is 3.37. The minimum atomic E-state index is -0.661. The maximum Gasteiger partial charge on any atom is 0.271 e. The van der Waals surface area contributed by atoms with Crippen molar-refractivity contribution in [1.29, 1.82) is 0 Å². The molecule has 1 aromatic rings. The minimum Gasteiger partial charge on any atom is -0.335 e. The summed E-state index contributed by atoms with van der Waals surface area (Å²) in [5.41, 5.74) is -0.312. The van der Waals surface area contributed by atoms with Gasteiger partial charge in [0.05, 0.1) is 5.54 Å². The normalized spacial score (nSPS) is 10.5. The molecule has 0 saturated heterocycles. The van der Waals surface area contributed by atoms with E-state index in [1.165, 1.54) is 0 Å². The van der Waals surface area contributed by atoms with Crippen molar-refractivity contribution in [3.63, 3.8) is 0 Å². The summed E-state index contributed by atoms with van der Waals surface area (Å²) in [4.78, 5) is 15.6. The SMILES string of the molecule is C#CC(C)(C)NC(=O)c1ccc(Br)cn1. The molecule has 1 aromatic heterocycles. The quantitative estimate of drug-likeness (QED) is 0.832. The van der Waals surface area contributed by atoms with E-state index in [1.54, 1.807) is 32.2 Å². The average Bonchev–Trinajstić information content (AvgIpc) is 2.18. The molecule has 0 fully saturated rings. The van der Waals surface area contributed by atoms with E-state index >= 15 is 0 Å². The Balaban J connectivity index is 2.79. The van der Waals surface area contributed by atoms with Crippen LogP contribution in [0.3, 0.4) is 0 Å². The first-order valence-electron chi connectivity index (χ1n) is 4.36. The van der Waals surface area contributed by atoms with E-state index in [0.29, 0.717) is 5.69 Å². The van der Waals surface area contributed by atoms with Crippen LogP contribution in [-0.4, -0.2) is 16.4 Å². The van der Waals surface area contributed by atoms with Gasteiger partial charge < -0.3 is 5.32 Å². The Labute approximate surface area is 97.4 Å². The predicted octanol–water partition coefficient (Wildman–Crippen LogP) is 1.99. The van der Waals surface area contributed by atoms with Gasteiger partial charge >= 0.3 is 0 Å². The number of rotatable bonds is 2. The van der Waals surface area contributed by atoms with Gasteiger partial charge in [-0.05, 0) is 41.9 Å². The van der Waals surface area contributed by atoms with Crippen molar-refractivity contribution in [2.24, 2.45) is 0 Å². The maximum absolute atomic E-state index is 11.6. The molecule has 0 spiro atoms. The molecule has 0 bridgehead atoms. The van der Waals surface area contributed by atoms with Crippen molar-refractivity contribution in [3.05, 3.63) is 28.5 Å². The molecule has 4 heteroatoms. The Kier molecular flexibility index (Phi) is 3.48. The first-order valence-corrected chi connectivity index (χ1v) is 5.16. The summed E-state index contributed by atoms with van der Waals surface area (Å²) in [6.45, 7) is 3.51. The Hall–Kier alpha value is -1.34. The van der Waals surface area contributed by atoms with Crippen LogP contribution < -0.4 is 5.32 Å². The Morgan fingerprint density at radius 3 is 2.73 bits per heavy atom. The summed E-state index contributed by atoms with van der Waals surface area (Å²) in [6.07, 6.45) is 6.83. The molecule has 1 amide bonds. The van der Waals surface area contributed by atoms with Gasteiger partial charge in [-0.25, -0.2) is 4.98 Å². The van der Waals surface area contributed by atoms with Crippen molar-refractivity contribution in [2.45, 2.75) is 19.4 Å². The minimum absolute atomic E-state index is 0.273. The zero-order valence-electron chi connectivity index (χ0n) is 8.54. The number of nitrogens with one attached hydrogen (secondary N) is 1. The molecule has 1 N–H and O–H groups in total. The van der Waals surface area contributed by atoms with Crippen LogP contribution in [0.15, 0.2) is 22.8 Å². The van der Waals surface area contributed by atoms with Crippen LogP contribution in [0.25, 0.3) is 0 Å². The van der Waals surface area contributed by atoms with Crippen LogP contribution in [0.1, 0.15) is 24.3 Å². The van der Waals surface area contributed by atoms with Crippen LogP contribution in [0, 0.1) is 12.3 Å². The van der Waals surface area contributed by atoms with Crippen molar-refractivity contribution >= 4 is 21.8 Å². The second-order valence-electron chi connectivity index (χ2n) is 3.59. The van der Waals surface area contributed by atoms with Gasteiger partial charge in [0.15, 0.2) is 0 Å². The number of carbonyl (C=O) groups excluding carboxylic acids is 1. The molecule has 0 aliphatic carbocycles. The first kappa shape index (κ1) is 11.7. The van der Waals surface area contributed by atoms with E-state index in [4.69, 9.17) is 6.42 Å². The highest BCUT2D eigenvalue weighted by molar-refractivity contribution is 9.10. The lowest BCUT2D eigenvalue weighted by Crippen LogP contribution is -2.42. The molecule has 0 saturated carbocycles. The molecule has 1 rings (SSSR count). The Morgan fingerprint density at radius 2 is 2.27 bits per heavy atom. The molecule has 0 unspecified atom stereocenters. The molecular weight excluding hydrogens is 256 g/mol. The summed E-state index contributed by atoms with van der Waals surface area (Å²) in [5, 5.41) is 2.69. The fourth-order valence-electron chi connectivity index (χ4n) is 0.894. The molecular formula is C11H11BrN2O. The smallest absolute Gasteiger partial charge is 0.271 e. The summed E-state index contributed by atoms with van der Waals surface area (Å²) in [5.74, 6) is 2.21. The second-order valence-corrected chi connectivity index (χ2v) is 4.50. The summed E-state index contributed by atoms with van der Waals surface area (Å²) >= 11 is 3.24. The predicted molar refractivity (Wildman–Crippen MR) is 62.3 cm³/mol. The number of pyridine rings is 1. The summed E-state index contributed by atoms with van der Waals surface area (Å²) in [6, 6.07) is 3.39. The molecule has 0 aromatic carbocycles. The van der Waals surface area contributed by atoms with Gasteiger partial charge in [0.25, 0.3) is 5.91 Å². The molecule has 0 atom stereocenters. The number of aromatic nitrogens is 1. The number of hydrogen-bond acceptors (Lipinski definition) is 2. The lowest BCUT2D eigenvalue weighted by Gasteiger charge is -2.18. The fourth-order valence-corrected chi connectivity index (χ4v) is 1.13. The van der Waals surface area contributed by atoms with E-state index in [-0.39, 0.29) is 5.91 Å².